The summed E-state index contributed by atoms with van der Waals surface area (Å²) in [4.78, 5) is 33.4. The van der Waals surface area contributed by atoms with Gasteiger partial charge in [-0.15, -0.1) is 11.3 Å². The summed E-state index contributed by atoms with van der Waals surface area (Å²) in [5.74, 6) is -0.419. The van der Waals surface area contributed by atoms with E-state index >= 15 is 0 Å². The highest BCUT2D eigenvalue weighted by atomic mass is 32.1. The monoisotopic (exact) mass is 669 g/mol. The van der Waals surface area contributed by atoms with Crippen LogP contribution in [0.5, 0.6) is 0 Å². The van der Waals surface area contributed by atoms with E-state index in [9.17, 15) is 27.9 Å². The van der Waals surface area contributed by atoms with E-state index in [-0.39, 0.29) is 30.9 Å². The smallest absolute Gasteiger partial charge is 0.395 e. The molecule has 6 rings (SSSR count). The number of benzene rings is 4. The summed E-state index contributed by atoms with van der Waals surface area (Å²) in [6, 6.07) is 31.1. The van der Waals surface area contributed by atoms with Crippen LogP contribution in [0.15, 0.2) is 115 Å². The maximum Gasteiger partial charge on any atom is 0.416 e. The maximum atomic E-state index is 13.6. The summed E-state index contributed by atoms with van der Waals surface area (Å²) >= 11 is 1.42. The molecule has 2 heterocycles. The molecule has 48 heavy (non-hydrogen) atoms. The molecule has 5 aromatic rings. The number of thiazole rings is 1. The molecule has 0 spiro atoms. The van der Waals surface area contributed by atoms with Crippen molar-refractivity contribution in [3.05, 3.63) is 148 Å². The first-order chi connectivity index (χ1) is 23.2. The summed E-state index contributed by atoms with van der Waals surface area (Å²) < 4.78 is 39.2. The van der Waals surface area contributed by atoms with Gasteiger partial charge in [0.1, 0.15) is 5.69 Å². The average molecular weight is 670 g/mol. The highest BCUT2D eigenvalue weighted by Gasteiger charge is 2.35. The molecule has 0 bridgehead atoms. The molecule has 2 amide bonds. The molecule has 10 heteroatoms. The van der Waals surface area contributed by atoms with Gasteiger partial charge in [0.25, 0.3) is 11.8 Å². The van der Waals surface area contributed by atoms with Crippen LogP contribution in [-0.4, -0.2) is 53.0 Å². The van der Waals surface area contributed by atoms with Crippen molar-refractivity contribution in [3.8, 4) is 11.1 Å². The number of aliphatic hydroxyl groups is 1. The fourth-order valence-electron chi connectivity index (χ4n) is 6.28. The number of carbonyl (C=O) groups excluding carboxylic acids is 2. The van der Waals surface area contributed by atoms with E-state index in [0.717, 1.165) is 28.3 Å². The van der Waals surface area contributed by atoms with Gasteiger partial charge in [-0.2, -0.15) is 13.2 Å². The number of hydrogen-bond acceptors (Lipinski definition) is 5. The summed E-state index contributed by atoms with van der Waals surface area (Å²) in [5, 5.41) is 16.2. The van der Waals surface area contributed by atoms with Gasteiger partial charge in [-0.05, 0) is 53.3 Å². The van der Waals surface area contributed by atoms with Crippen LogP contribution < -0.4 is 5.32 Å². The van der Waals surface area contributed by atoms with Crippen LogP contribution in [0.2, 0.25) is 0 Å². The number of aromatic nitrogens is 1. The number of hydrogen-bond donors (Lipinski definition) is 2. The zero-order valence-electron chi connectivity index (χ0n) is 26.0. The van der Waals surface area contributed by atoms with E-state index in [1.807, 2.05) is 60.7 Å². The van der Waals surface area contributed by atoms with Crippen molar-refractivity contribution in [2.75, 3.05) is 26.2 Å². The van der Waals surface area contributed by atoms with Gasteiger partial charge in [-0.1, -0.05) is 91.0 Å². The quantitative estimate of drug-likeness (QED) is 0.170. The van der Waals surface area contributed by atoms with E-state index in [4.69, 9.17) is 0 Å². The lowest BCUT2D eigenvalue weighted by molar-refractivity contribution is -0.137. The Hall–Kier alpha value is -4.80. The highest BCUT2D eigenvalue weighted by Crippen LogP contribution is 2.35. The average Bonchev–Trinajstić information content (AvgIpc) is 3.63. The van der Waals surface area contributed by atoms with Crippen molar-refractivity contribution < 1.29 is 27.9 Å². The number of piperidine rings is 1. The van der Waals surface area contributed by atoms with Crippen LogP contribution in [0.4, 0.5) is 13.2 Å². The molecule has 0 radical (unpaired) electrons. The van der Waals surface area contributed by atoms with Crippen molar-refractivity contribution in [2.45, 2.75) is 30.4 Å². The van der Waals surface area contributed by atoms with Crippen molar-refractivity contribution >= 4 is 23.2 Å². The summed E-state index contributed by atoms with van der Waals surface area (Å²) in [6.07, 6.45) is -3.10. The lowest BCUT2D eigenvalue weighted by atomic mass is 9.75. The third-order valence-electron chi connectivity index (χ3n) is 9.04. The van der Waals surface area contributed by atoms with E-state index in [2.05, 4.69) is 10.3 Å². The second-order valence-electron chi connectivity index (χ2n) is 11.9. The van der Waals surface area contributed by atoms with Gasteiger partial charge in [-0.25, -0.2) is 4.98 Å². The Kier molecular flexibility index (Phi) is 9.75. The number of carbonyl (C=O) groups is 2. The minimum Gasteiger partial charge on any atom is -0.395 e. The Morgan fingerprint density at radius 1 is 0.812 bits per heavy atom. The first kappa shape index (κ1) is 33.1. The second-order valence-corrected chi connectivity index (χ2v) is 12.8. The highest BCUT2D eigenvalue weighted by molar-refractivity contribution is 7.09. The molecule has 2 N–H and O–H groups in total. The molecule has 6 nitrogen and oxygen atoms in total. The molecular weight excluding hydrogens is 635 g/mol. The number of nitrogens with one attached hydrogen (secondary N) is 1. The maximum absolute atomic E-state index is 13.6. The van der Waals surface area contributed by atoms with E-state index < -0.39 is 17.2 Å². The largest absolute Gasteiger partial charge is 0.416 e. The van der Waals surface area contributed by atoms with Gasteiger partial charge >= 0.3 is 6.18 Å². The molecule has 0 unspecified atom stereocenters. The van der Waals surface area contributed by atoms with E-state index in [0.29, 0.717) is 48.3 Å². The number of aliphatic hydroxyl groups excluding tert-OH is 1. The molecule has 246 valence electrons. The number of halogens is 3. The van der Waals surface area contributed by atoms with Gasteiger partial charge in [0.2, 0.25) is 0 Å². The Labute approximate surface area is 280 Å². The van der Waals surface area contributed by atoms with E-state index in [1.165, 1.54) is 23.5 Å². The van der Waals surface area contributed by atoms with Gasteiger partial charge < -0.3 is 15.3 Å². The Balaban J connectivity index is 1.10. The molecule has 0 saturated carbocycles. The Morgan fingerprint density at radius 2 is 1.40 bits per heavy atom. The third kappa shape index (κ3) is 6.90. The van der Waals surface area contributed by atoms with Gasteiger partial charge in [0, 0.05) is 36.5 Å². The van der Waals surface area contributed by atoms with Gasteiger partial charge in [-0.3, -0.25) is 9.59 Å². The van der Waals surface area contributed by atoms with Gasteiger partial charge in [0.05, 0.1) is 22.6 Å². The molecule has 1 aliphatic rings. The fourth-order valence-corrected chi connectivity index (χ4v) is 7.26. The third-order valence-corrected chi connectivity index (χ3v) is 10.0. The SMILES string of the molecule is O=C(NCC(CO)(c1ccccc1)c1ccccc1)c1csc(C2CCN(C(=O)c3ccccc3-c3ccc(C(F)(F)F)cc3)CC2)n1. The predicted octanol–water partition coefficient (Wildman–Crippen LogP) is 7.56. The predicted molar refractivity (Wildman–Crippen MR) is 180 cm³/mol. The Morgan fingerprint density at radius 3 is 1.98 bits per heavy atom. The van der Waals surface area contributed by atoms with Gasteiger partial charge in [0.15, 0.2) is 0 Å². The topological polar surface area (TPSA) is 82.5 Å². The molecule has 1 fully saturated rings. The molecular formula is C38H34F3N3O3S. The second kappa shape index (κ2) is 14.1. The van der Waals surface area contributed by atoms with Crippen molar-refractivity contribution in [1.82, 2.24) is 15.2 Å². The van der Waals surface area contributed by atoms with Crippen LogP contribution >= 0.6 is 11.3 Å². The van der Waals surface area contributed by atoms with Crippen LogP contribution in [0.1, 0.15) is 61.3 Å². The molecule has 1 saturated heterocycles. The number of amides is 2. The summed E-state index contributed by atoms with van der Waals surface area (Å²) in [6.45, 7) is 0.950. The molecule has 1 aromatic heterocycles. The molecule has 0 atom stereocenters. The van der Waals surface area contributed by atoms with Crippen LogP contribution in [0, 0.1) is 0 Å². The van der Waals surface area contributed by atoms with Crippen molar-refractivity contribution in [3.63, 3.8) is 0 Å². The number of likely N-dealkylation sites (tertiary alicyclic amines) is 1. The molecule has 4 aromatic carbocycles. The van der Waals surface area contributed by atoms with E-state index in [1.54, 1.807) is 34.5 Å². The van der Waals surface area contributed by atoms with Crippen molar-refractivity contribution in [2.24, 2.45) is 0 Å². The van der Waals surface area contributed by atoms with Crippen LogP contribution in [0.3, 0.4) is 0 Å². The van der Waals surface area contributed by atoms with Crippen LogP contribution in [-0.2, 0) is 11.6 Å². The summed E-state index contributed by atoms with van der Waals surface area (Å²) in [5.41, 5.74) is 2.08. The first-order valence-electron chi connectivity index (χ1n) is 15.7. The number of rotatable bonds is 9. The Bertz CT molecular complexity index is 1810. The zero-order chi connectivity index (χ0) is 33.7. The van der Waals surface area contributed by atoms with Crippen molar-refractivity contribution in [1.29, 1.82) is 0 Å². The lowest BCUT2D eigenvalue weighted by Crippen LogP contribution is -2.44. The summed E-state index contributed by atoms with van der Waals surface area (Å²) in [7, 11) is 0. The van der Waals surface area contributed by atoms with Crippen LogP contribution in [0.25, 0.3) is 11.1 Å². The molecule has 0 aliphatic carbocycles. The zero-order valence-corrected chi connectivity index (χ0v) is 26.8. The minimum atomic E-state index is -4.43. The standard InChI is InChI=1S/C38H34F3N3O3S/c39-38(40,41)30-17-15-26(16-18-30)31-13-7-8-14-32(31)36(47)44-21-19-27(20-22-44)35-43-33(23-48-35)34(46)42-24-37(25-45,28-9-3-1-4-10-28)29-11-5-2-6-12-29/h1-18,23,27,45H,19-22,24-25H2,(H,42,46). The lowest BCUT2D eigenvalue weighted by Gasteiger charge is -2.33. The first-order valence-corrected chi connectivity index (χ1v) is 16.6. The molecule has 1 aliphatic heterocycles. The number of alkyl halides is 3. The minimum absolute atomic E-state index is 0.0796. The normalized spacial score (nSPS) is 14.1. The fraction of sp³-hybridized carbons (Fsp3) is 0.237. The number of nitrogens with zero attached hydrogens (tertiary/aromatic N) is 2.